The Morgan fingerprint density at radius 2 is 0.849 bits per heavy atom. The topological polar surface area (TPSA) is 281 Å². The molecule has 8 heterocycles. The first-order chi connectivity index (χ1) is 57.8. The van der Waals surface area contributed by atoms with Crippen molar-refractivity contribution in [1.82, 2.24) is 24.9 Å². The third-order valence-corrected chi connectivity index (χ3v) is 19.8. The van der Waals surface area contributed by atoms with Gasteiger partial charge in [0.1, 0.15) is 57.0 Å². The number of furan rings is 2. The van der Waals surface area contributed by atoms with Crippen LogP contribution in [-0.4, -0.2) is 114 Å². The second-order valence-corrected chi connectivity index (χ2v) is 36.9. The van der Waals surface area contributed by atoms with Crippen LogP contribution >= 0.6 is 166 Å². The minimum absolute atomic E-state index is 0. The zero-order valence-electron chi connectivity index (χ0n) is 66.4. The van der Waals surface area contributed by atoms with Gasteiger partial charge < -0.3 is 59.8 Å². The number of fused-ring (bicyclic) bond motifs is 13. The van der Waals surface area contributed by atoms with Crippen molar-refractivity contribution < 1.29 is 185 Å². The summed E-state index contributed by atoms with van der Waals surface area (Å²) < 4.78 is 75.5. The molecular weight excluding hydrogens is 2310 g/mol. The van der Waals surface area contributed by atoms with Gasteiger partial charge in [0.25, 0.3) is 6.47 Å². The van der Waals surface area contributed by atoms with E-state index in [1.54, 1.807) is 143 Å². The summed E-state index contributed by atoms with van der Waals surface area (Å²) in [5.74, 6) is 0.280. The van der Waals surface area contributed by atoms with E-state index in [0.29, 0.717) is 48.1 Å². The molecule has 0 unspecified atom stereocenters. The predicted molar refractivity (Wildman–Crippen MR) is 535 cm³/mol. The molecule has 0 aliphatic carbocycles. The number of rotatable bonds is 7. The smallest absolute Gasteiger partial charge is 1.00 e. The van der Waals surface area contributed by atoms with Gasteiger partial charge >= 0.3 is 120 Å². The number of phenolic OH excluding ortho intramolecular Hbond substituents is 1. The zero-order valence-corrected chi connectivity index (χ0v) is 87.5. The Hall–Kier alpha value is -4.56. The maximum absolute atomic E-state index is 14.2. The Bertz CT molecular complexity index is 6320. The van der Waals surface area contributed by atoms with Crippen molar-refractivity contribution >= 4 is 298 Å². The van der Waals surface area contributed by atoms with Gasteiger partial charge in [-0.2, -0.15) is 0 Å². The van der Waals surface area contributed by atoms with E-state index in [-0.39, 0.29) is 169 Å². The van der Waals surface area contributed by atoms with Crippen molar-refractivity contribution in [2.45, 2.75) is 35.1 Å². The number of carbonyl (C=O) groups is 1. The van der Waals surface area contributed by atoms with E-state index in [4.69, 9.17) is 56.3 Å². The molecule has 1 saturated heterocycles. The third kappa shape index (κ3) is 33.9. The molecule has 0 atom stereocenters. The van der Waals surface area contributed by atoms with E-state index in [1.807, 2.05) is 108 Å². The number of carbonyl (C=O) groups excluding carboxylic acids is 1. The number of methoxy groups -OCH3 is 2. The molecule has 1 aliphatic rings. The summed E-state index contributed by atoms with van der Waals surface area (Å²) >= 11 is 34.2. The molecule has 1 aliphatic heterocycles. The molecule has 0 bridgehead atoms. The van der Waals surface area contributed by atoms with Gasteiger partial charge in [-0.1, -0.05) is 128 Å². The van der Waals surface area contributed by atoms with Crippen LogP contribution in [0.2, 0.25) is 0 Å². The summed E-state index contributed by atoms with van der Waals surface area (Å²) in [4.78, 5) is 31.8. The Labute approximate surface area is 897 Å². The van der Waals surface area contributed by atoms with Crippen LogP contribution in [0.15, 0.2) is 275 Å². The Kier molecular flexibility index (Phi) is 57.1. The van der Waals surface area contributed by atoms with Crippen molar-refractivity contribution in [3.05, 3.63) is 283 Å². The number of nitrogens with zero attached hydrogens (tertiary/aromatic N) is 6. The van der Waals surface area contributed by atoms with E-state index in [2.05, 4.69) is 167 Å². The number of benzene rings is 10. The van der Waals surface area contributed by atoms with Crippen molar-refractivity contribution in [2.24, 2.45) is 4.74 Å². The summed E-state index contributed by atoms with van der Waals surface area (Å²) in [5, 5.41) is 69.4. The molecule has 126 heavy (non-hydrogen) atoms. The first-order valence-electron chi connectivity index (χ1n) is 35.1. The summed E-state index contributed by atoms with van der Waals surface area (Å²) in [6, 6.07) is 53.8. The number of phenols is 1. The van der Waals surface area contributed by atoms with Gasteiger partial charge in [-0.05, 0) is 216 Å². The van der Waals surface area contributed by atoms with Gasteiger partial charge in [0.05, 0.1) is 19.6 Å². The SMILES string of the molecule is BrB(Br)Br.Brc1ccc2oc3ccc4ccncc4c3c2c1.C.C.C.C1CCOC1.CN=P.COc1ccc2ccncc2c1-c1cc(Br)ccc1F.COc1ccc2ccncc2c1B(O)O.ClCCl.F.Fc1ccc(Br)cc1I.O=CO[O-].OB(O)c1ccc2oc3ccc4ccncc4c3c2c1.Oc1ccc2ccncc2c1-c1cc(Br)ccc1F.[H-].[K+].[K+]. The van der Waals surface area contributed by atoms with E-state index in [1.165, 1.54) is 43.5 Å². The monoisotopic (exact) mass is 2380 g/mol. The zero-order chi connectivity index (χ0) is 87.0. The number of hydrogen-bond donors (Lipinski definition) is 5. The third-order valence-electron chi connectivity index (χ3n) is 17.0. The number of aromatic nitrogens is 5. The second kappa shape index (κ2) is 61.3. The van der Waals surface area contributed by atoms with Gasteiger partial charge in [0.2, 0.25) is 0 Å². The molecule has 650 valence electrons. The van der Waals surface area contributed by atoms with E-state index < -0.39 is 14.2 Å². The maximum atomic E-state index is 14.2. The molecule has 0 saturated carbocycles. The molecule has 5 N–H and O–H groups in total. The summed E-state index contributed by atoms with van der Waals surface area (Å²) in [6.07, 6.45) is 19.8. The van der Waals surface area contributed by atoms with E-state index >= 15 is 0 Å². The molecule has 1 fully saturated rings. The van der Waals surface area contributed by atoms with Crippen molar-refractivity contribution in [2.75, 3.05) is 39.8 Å². The van der Waals surface area contributed by atoms with Crippen LogP contribution in [0, 0.1) is 21.0 Å². The van der Waals surface area contributed by atoms with Crippen LogP contribution in [-0.2, 0) is 14.4 Å². The number of halogens is 14. The maximum Gasteiger partial charge on any atom is 1.00 e. The molecule has 10 aromatic carbocycles. The Morgan fingerprint density at radius 1 is 0.508 bits per heavy atom. The van der Waals surface area contributed by atoms with Gasteiger partial charge in [-0.25, -0.2) is 13.2 Å². The summed E-state index contributed by atoms with van der Waals surface area (Å²) in [5.41, 5.74) is 6.13. The van der Waals surface area contributed by atoms with Crippen LogP contribution in [0.25, 0.3) is 120 Å². The van der Waals surface area contributed by atoms with Crippen molar-refractivity contribution in [1.29, 1.82) is 0 Å². The van der Waals surface area contributed by atoms with Crippen LogP contribution in [0.3, 0.4) is 0 Å². The standard InChI is InChI=1S/C16H11BrFNO.C15H10BNO3.C15H9BrFNO.C15H8BrNO.C10H10BNO3.C6H3BrFI.C4H8O.CH2Cl2.CH4NP.CH2O3.3CH4.BBr3.FH.2K.H/c1-20-15-5-2-10-6-7-19-9-13(10)16(15)12-8-11(17)3-4-14(12)18;18-16(19)10-2-4-13-11(7-10)15-12-8-17-6-5-9(12)1-3-14(15)20-13;16-10-2-3-13(17)11(7-10)15-12-8-18-6-5-9(12)1-4-14(15)19;16-10-2-4-13-11(7-10)15-12-8-17-6-5-9(12)1-3-14(15)18-13;1-15-9-3-2-7-4-5-12-6-8(7)10(9)11(13)14;7-4-1-2-5(8)6(9)3-4;1-2-4-5-3-1;2-1-3;1-2-3;2-1-4-3;;;;2-1(3)4;;;;/h2-9H,1H3;1-8,18-19H;1-8,19H;1-8H;2-6,13-14H,1H3;1-3H;1-4H2;1H2;3H,1H3;1,3H;3*1H4;;1H;;;/q;;;;;;;;;;;;;;;2*+1;-1/p-1. The van der Waals surface area contributed by atoms with Crippen molar-refractivity contribution in [3.8, 4) is 39.5 Å². The van der Waals surface area contributed by atoms with Gasteiger partial charge in [0.15, 0.2) is 0 Å². The normalized spacial score (nSPS) is 10.3. The van der Waals surface area contributed by atoms with Crippen LogP contribution in [0.5, 0.6) is 17.2 Å². The molecule has 0 radical (unpaired) electrons. The minimum Gasteiger partial charge on any atom is -1.00 e. The minimum atomic E-state index is -1.56. The Morgan fingerprint density at radius 3 is 1.25 bits per heavy atom. The molecule has 0 amide bonds. The second-order valence-electron chi connectivity index (χ2n) is 24.4. The predicted octanol–water partition coefficient (Wildman–Crippen LogP) is 19.1. The first kappa shape index (κ1) is 118. The van der Waals surface area contributed by atoms with Crippen LogP contribution < -0.4 is 128 Å². The average molecular weight is 2390 g/mol. The van der Waals surface area contributed by atoms with Crippen LogP contribution in [0.1, 0.15) is 36.5 Å². The number of ether oxygens (including phenoxy) is 3. The number of hydrogen-bond acceptors (Lipinski definition) is 19. The largest absolute Gasteiger partial charge is 1.00 e. The van der Waals surface area contributed by atoms with E-state index in [9.17, 15) is 38.4 Å². The molecule has 39 heteroatoms. The molecule has 18 rings (SSSR count). The quantitative estimate of drug-likeness (QED) is 0.0114. The van der Waals surface area contributed by atoms with Crippen LogP contribution in [0.4, 0.5) is 17.9 Å². The first-order valence-corrected chi connectivity index (χ1v) is 43.6. The van der Waals surface area contributed by atoms with Gasteiger partial charge in [0, 0.05) is 180 Å². The molecule has 19 nitrogen and oxygen atoms in total. The fourth-order valence-electron chi connectivity index (χ4n) is 12.0. The summed E-state index contributed by atoms with van der Waals surface area (Å²) in [6.45, 7) is 1.82. The van der Waals surface area contributed by atoms with Gasteiger partial charge in [-0.3, -0.25) is 39.2 Å². The molecule has 17 aromatic rings. The number of pyridine rings is 5. The number of alkyl halides is 2. The summed E-state index contributed by atoms with van der Waals surface area (Å²) in [7, 11) is 4.49. The average Bonchev–Trinajstić information content (AvgIpc) is 1.62. The molecular formula is C87H80B3Br7Cl2F4IK2N6O13P. The Balaban J connectivity index is 0.000000729. The van der Waals surface area contributed by atoms with Gasteiger partial charge in [-0.15, -0.1) is 70.5 Å². The number of aromatic hydroxyl groups is 1. The van der Waals surface area contributed by atoms with Crippen molar-refractivity contribution in [3.63, 3.8) is 0 Å². The van der Waals surface area contributed by atoms with E-state index in [0.717, 1.165) is 124 Å². The fourth-order valence-corrected chi connectivity index (χ4v) is 14.4. The fraction of sp³-hybridized carbons (Fsp3) is 0.126. The molecule has 7 aromatic heterocycles. The molecule has 0 spiro atoms.